The Hall–Kier alpha value is -1.49. The van der Waals surface area contributed by atoms with Crippen molar-refractivity contribution in [3.05, 3.63) is 23.8 Å². The summed E-state index contributed by atoms with van der Waals surface area (Å²) in [7, 11) is -6.73. The van der Waals surface area contributed by atoms with Gasteiger partial charge in [0.1, 0.15) is 0 Å². The topological polar surface area (TPSA) is 101 Å². The molecule has 0 fully saturated rings. The molecule has 0 N–H and O–H groups in total. The summed E-state index contributed by atoms with van der Waals surface area (Å²) in [5.41, 5.74) is -0.274. The van der Waals surface area contributed by atoms with Crippen LogP contribution in [0, 0.1) is 0 Å². The number of carbonyl (C=O) groups is 1. The number of esters is 1. The molecule has 0 saturated heterocycles. The van der Waals surface area contributed by atoms with Crippen LogP contribution in [0.5, 0.6) is 0 Å². The van der Waals surface area contributed by atoms with Crippen molar-refractivity contribution in [3.8, 4) is 0 Å². The molecule has 0 amide bonds. The van der Waals surface area contributed by atoms with E-state index in [4.69, 9.17) is 4.74 Å². The summed E-state index contributed by atoms with van der Waals surface area (Å²) < 4.78 is 60.0. The Balaban J connectivity index is 3.62. The second-order valence-corrected chi connectivity index (χ2v) is 10.8. The Morgan fingerprint density at radius 2 is 1.23 bits per heavy atom. The molecule has 0 atom stereocenters. The van der Waals surface area contributed by atoms with Gasteiger partial charge in [-0.2, -0.15) is 8.61 Å². The highest BCUT2D eigenvalue weighted by Crippen LogP contribution is 2.26. The van der Waals surface area contributed by atoms with Crippen LogP contribution in [0.25, 0.3) is 0 Å². The van der Waals surface area contributed by atoms with E-state index in [2.05, 4.69) is 0 Å². The van der Waals surface area contributed by atoms with Gasteiger partial charge in [0.25, 0.3) is 0 Å². The van der Waals surface area contributed by atoms with Gasteiger partial charge >= 0.3 is 5.97 Å². The highest BCUT2D eigenvalue weighted by Gasteiger charge is 2.31. The number of rotatable bonds is 13. The van der Waals surface area contributed by atoms with Crippen molar-refractivity contribution in [3.63, 3.8) is 0 Å². The fourth-order valence-electron chi connectivity index (χ4n) is 3.15. The Bertz CT molecular complexity index is 901. The van der Waals surface area contributed by atoms with Crippen LogP contribution < -0.4 is 0 Å². The molecule has 10 heteroatoms. The molecule has 0 bridgehead atoms. The van der Waals surface area contributed by atoms with Gasteiger partial charge in [0.05, 0.1) is 22.5 Å². The van der Waals surface area contributed by atoms with Crippen LogP contribution in [0.4, 0.5) is 0 Å². The second-order valence-electron chi connectivity index (χ2n) is 6.96. The molecule has 0 saturated carbocycles. The highest BCUT2D eigenvalue weighted by molar-refractivity contribution is 7.89. The van der Waals surface area contributed by atoms with E-state index >= 15 is 0 Å². The SMILES string of the molecule is CCCN(CCC)S(=O)(=O)c1ccc(S(=O)(=O)N(CCC)CCC)c(C(=O)OC)c1. The molecule has 30 heavy (non-hydrogen) atoms. The van der Waals surface area contributed by atoms with Crippen LogP contribution in [0.2, 0.25) is 0 Å². The zero-order chi connectivity index (χ0) is 22.9. The van der Waals surface area contributed by atoms with Crippen molar-refractivity contribution in [1.82, 2.24) is 8.61 Å². The fraction of sp³-hybridized carbons (Fsp3) is 0.650. The Morgan fingerprint density at radius 3 is 1.63 bits per heavy atom. The van der Waals surface area contributed by atoms with Crippen LogP contribution in [0.3, 0.4) is 0 Å². The first kappa shape index (κ1) is 26.5. The van der Waals surface area contributed by atoms with E-state index in [1.54, 1.807) is 0 Å². The number of nitrogens with zero attached hydrogens (tertiary/aromatic N) is 2. The number of methoxy groups -OCH3 is 1. The lowest BCUT2D eigenvalue weighted by atomic mass is 10.2. The standard InChI is InChI=1S/C20H34N2O6S2/c1-6-12-21(13-7-2)29(24,25)17-10-11-19(18(16-17)20(23)28-5)30(26,27)22(14-8-3)15-9-4/h10-11,16H,6-9,12-15H2,1-5H3. The van der Waals surface area contributed by atoms with Crippen LogP contribution in [-0.2, 0) is 24.8 Å². The quantitative estimate of drug-likeness (QED) is 0.418. The zero-order valence-electron chi connectivity index (χ0n) is 18.5. The summed E-state index contributed by atoms with van der Waals surface area (Å²) >= 11 is 0. The van der Waals surface area contributed by atoms with Gasteiger partial charge in [0.2, 0.25) is 20.0 Å². The smallest absolute Gasteiger partial charge is 0.339 e. The molecule has 0 heterocycles. The maximum Gasteiger partial charge on any atom is 0.339 e. The molecular weight excluding hydrogens is 428 g/mol. The molecule has 1 aromatic rings. The lowest BCUT2D eigenvalue weighted by molar-refractivity contribution is 0.0595. The van der Waals surface area contributed by atoms with Gasteiger partial charge in [-0.3, -0.25) is 0 Å². The molecule has 0 unspecified atom stereocenters. The average molecular weight is 463 g/mol. The van der Waals surface area contributed by atoms with Crippen LogP contribution in [-0.4, -0.2) is 64.7 Å². The summed E-state index contributed by atoms with van der Waals surface area (Å²) in [5.74, 6) is -0.892. The predicted octanol–water partition coefficient (Wildman–Crippen LogP) is 3.09. The minimum Gasteiger partial charge on any atom is -0.465 e. The van der Waals surface area contributed by atoms with E-state index in [0.29, 0.717) is 51.9 Å². The summed E-state index contributed by atoms with van der Waals surface area (Å²) in [5, 5.41) is 0. The predicted molar refractivity (Wildman–Crippen MR) is 116 cm³/mol. The van der Waals surface area contributed by atoms with Crippen molar-refractivity contribution < 1.29 is 26.4 Å². The van der Waals surface area contributed by atoms with Crippen LogP contribution >= 0.6 is 0 Å². The van der Waals surface area contributed by atoms with Crippen LogP contribution in [0.15, 0.2) is 28.0 Å². The third-order valence-electron chi connectivity index (χ3n) is 4.50. The zero-order valence-corrected chi connectivity index (χ0v) is 20.2. The number of carbonyl (C=O) groups excluding carboxylic acids is 1. The molecule has 1 rings (SSSR count). The van der Waals surface area contributed by atoms with Crippen molar-refractivity contribution in [1.29, 1.82) is 0 Å². The van der Waals surface area contributed by atoms with E-state index in [-0.39, 0.29) is 15.4 Å². The van der Waals surface area contributed by atoms with E-state index < -0.39 is 26.0 Å². The lowest BCUT2D eigenvalue weighted by Crippen LogP contribution is -2.34. The van der Waals surface area contributed by atoms with Gasteiger partial charge in [-0.1, -0.05) is 27.7 Å². The van der Waals surface area contributed by atoms with Gasteiger partial charge < -0.3 is 4.74 Å². The van der Waals surface area contributed by atoms with E-state index in [1.165, 1.54) is 20.7 Å². The Morgan fingerprint density at radius 1 is 0.800 bits per heavy atom. The van der Waals surface area contributed by atoms with E-state index in [1.807, 2.05) is 27.7 Å². The Kier molecular flexibility index (Phi) is 10.4. The van der Waals surface area contributed by atoms with Crippen molar-refractivity contribution >= 4 is 26.0 Å². The fourth-order valence-corrected chi connectivity index (χ4v) is 6.59. The number of hydrogen-bond donors (Lipinski definition) is 0. The van der Waals surface area contributed by atoms with Gasteiger partial charge in [-0.25, -0.2) is 21.6 Å². The number of hydrogen-bond acceptors (Lipinski definition) is 6. The molecule has 172 valence electrons. The summed E-state index contributed by atoms with van der Waals surface area (Å²) in [4.78, 5) is 12.0. The molecule has 0 aliphatic heterocycles. The summed E-state index contributed by atoms with van der Waals surface area (Å²) in [6.45, 7) is 8.77. The molecule has 0 aromatic heterocycles. The first-order valence-electron chi connectivity index (χ1n) is 10.3. The van der Waals surface area contributed by atoms with Gasteiger partial charge in [0.15, 0.2) is 0 Å². The van der Waals surface area contributed by atoms with Gasteiger partial charge in [0, 0.05) is 26.2 Å². The molecule has 0 spiro atoms. The average Bonchev–Trinajstić information content (AvgIpc) is 2.72. The summed E-state index contributed by atoms with van der Waals surface area (Å²) in [6, 6.07) is 3.56. The normalized spacial score (nSPS) is 12.5. The lowest BCUT2D eigenvalue weighted by Gasteiger charge is -2.24. The first-order valence-corrected chi connectivity index (χ1v) is 13.2. The monoisotopic (exact) mass is 462 g/mol. The molecule has 0 aliphatic rings. The largest absolute Gasteiger partial charge is 0.465 e. The second kappa shape index (κ2) is 11.8. The van der Waals surface area contributed by atoms with Crippen molar-refractivity contribution in [2.45, 2.75) is 63.2 Å². The van der Waals surface area contributed by atoms with Gasteiger partial charge in [-0.15, -0.1) is 0 Å². The van der Waals surface area contributed by atoms with Crippen molar-refractivity contribution in [2.24, 2.45) is 0 Å². The summed E-state index contributed by atoms with van der Waals surface area (Å²) in [6.07, 6.45) is 2.50. The molecule has 0 aliphatic carbocycles. The number of sulfonamides is 2. The highest BCUT2D eigenvalue weighted by atomic mass is 32.2. The third-order valence-corrected chi connectivity index (χ3v) is 8.36. The maximum atomic E-state index is 13.2. The van der Waals surface area contributed by atoms with Gasteiger partial charge in [-0.05, 0) is 43.9 Å². The molecule has 1 aromatic carbocycles. The number of ether oxygens (including phenoxy) is 1. The maximum absolute atomic E-state index is 13.2. The number of benzene rings is 1. The van der Waals surface area contributed by atoms with Crippen LogP contribution in [0.1, 0.15) is 63.7 Å². The van der Waals surface area contributed by atoms with Crippen molar-refractivity contribution in [2.75, 3.05) is 33.3 Å². The molecule has 8 nitrogen and oxygen atoms in total. The Labute approximate surface area is 181 Å². The van der Waals surface area contributed by atoms with E-state index in [9.17, 15) is 21.6 Å². The molecule has 0 radical (unpaired) electrons. The van der Waals surface area contributed by atoms with E-state index in [0.717, 1.165) is 13.2 Å². The first-order chi connectivity index (χ1) is 14.1. The third kappa shape index (κ3) is 6.03. The molecular formula is C20H34N2O6S2. The minimum atomic E-state index is -3.99. The minimum absolute atomic E-state index is 0.124.